The molecule has 2 unspecified atom stereocenters. The molecule has 0 bridgehead atoms. The molecule has 0 aliphatic rings. The lowest BCUT2D eigenvalue weighted by molar-refractivity contribution is 0.0692. The SMILES string of the molecule is CCC(C)CC(C)NS(=O)(=O)c1cc(N)ccc1C(=O)O. The molecule has 118 valence electrons. The molecular formula is C14H22N2O4S. The van der Waals surface area contributed by atoms with Crippen LogP contribution in [0.3, 0.4) is 0 Å². The van der Waals surface area contributed by atoms with E-state index in [4.69, 9.17) is 10.8 Å². The number of aromatic carboxylic acids is 1. The van der Waals surface area contributed by atoms with Gasteiger partial charge in [-0.2, -0.15) is 0 Å². The highest BCUT2D eigenvalue weighted by molar-refractivity contribution is 7.89. The average molecular weight is 314 g/mol. The minimum absolute atomic E-state index is 0.204. The van der Waals surface area contributed by atoms with Crippen molar-refractivity contribution in [1.29, 1.82) is 0 Å². The van der Waals surface area contributed by atoms with E-state index in [9.17, 15) is 13.2 Å². The van der Waals surface area contributed by atoms with Crippen molar-refractivity contribution in [3.05, 3.63) is 23.8 Å². The van der Waals surface area contributed by atoms with E-state index in [1.165, 1.54) is 18.2 Å². The van der Waals surface area contributed by atoms with Gasteiger partial charge in [-0.1, -0.05) is 20.3 Å². The molecular weight excluding hydrogens is 292 g/mol. The van der Waals surface area contributed by atoms with Crippen LogP contribution in [0.15, 0.2) is 23.1 Å². The van der Waals surface area contributed by atoms with Crippen molar-refractivity contribution >= 4 is 21.7 Å². The molecule has 0 aliphatic carbocycles. The molecule has 6 nitrogen and oxygen atoms in total. The minimum atomic E-state index is -3.92. The maximum atomic E-state index is 12.4. The Labute approximate surface area is 125 Å². The molecule has 0 saturated carbocycles. The Kier molecular flexibility index (Phi) is 5.74. The topological polar surface area (TPSA) is 109 Å². The first kappa shape index (κ1) is 17.5. The third-order valence-electron chi connectivity index (χ3n) is 3.33. The van der Waals surface area contributed by atoms with Crippen LogP contribution >= 0.6 is 0 Å². The van der Waals surface area contributed by atoms with E-state index in [0.717, 1.165) is 6.42 Å². The fraction of sp³-hybridized carbons (Fsp3) is 0.500. The van der Waals surface area contributed by atoms with Crippen LogP contribution in [0, 0.1) is 5.92 Å². The number of hydrogen-bond donors (Lipinski definition) is 3. The quantitative estimate of drug-likeness (QED) is 0.667. The molecule has 0 aromatic heterocycles. The summed E-state index contributed by atoms with van der Waals surface area (Å²) in [4.78, 5) is 10.9. The molecule has 4 N–H and O–H groups in total. The van der Waals surface area contributed by atoms with Gasteiger partial charge in [0.05, 0.1) is 10.5 Å². The Morgan fingerprint density at radius 3 is 2.52 bits per heavy atom. The second kappa shape index (κ2) is 6.91. The monoisotopic (exact) mass is 314 g/mol. The molecule has 0 saturated heterocycles. The van der Waals surface area contributed by atoms with Gasteiger partial charge in [0.25, 0.3) is 0 Å². The highest BCUT2D eigenvalue weighted by Crippen LogP contribution is 2.20. The van der Waals surface area contributed by atoms with Gasteiger partial charge in [0, 0.05) is 11.7 Å². The zero-order chi connectivity index (χ0) is 16.2. The van der Waals surface area contributed by atoms with Crippen LogP contribution in [-0.4, -0.2) is 25.5 Å². The summed E-state index contributed by atoms with van der Waals surface area (Å²) in [5, 5.41) is 9.10. The molecule has 0 fully saturated rings. The van der Waals surface area contributed by atoms with Crippen molar-refractivity contribution in [2.24, 2.45) is 5.92 Å². The second-order valence-electron chi connectivity index (χ2n) is 5.33. The Balaban J connectivity index is 3.08. The zero-order valence-corrected chi connectivity index (χ0v) is 13.3. The smallest absolute Gasteiger partial charge is 0.337 e. The zero-order valence-electron chi connectivity index (χ0n) is 12.5. The van der Waals surface area contributed by atoms with E-state index in [1.807, 2.05) is 13.8 Å². The summed E-state index contributed by atoms with van der Waals surface area (Å²) >= 11 is 0. The molecule has 7 heteroatoms. The number of carbonyl (C=O) groups is 1. The number of carboxylic acid groups (broad SMARTS) is 1. The van der Waals surface area contributed by atoms with E-state index in [2.05, 4.69) is 4.72 Å². The number of benzene rings is 1. The van der Waals surface area contributed by atoms with Crippen LogP contribution in [-0.2, 0) is 10.0 Å². The summed E-state index contributed by atoms with van der Waals surface area (Å²) in [6, 6.07) is 3.45. The summed E-state index contributed by atoms with van der Waals surface area (Å²) in [5.41, 5.74) is 5.49. The van der Waals surface area contributed by atoms with Crippen molar-refractivity contribution in [2.75, 3.05) is 5.73 Å². The third kappa shape index (κ3) is 4.71. The second-order valence-corrected chi connectivity index (χ2v) is 7.01. The summed E-state index contributed by atoms with van der Waals surface area (Å²) in [6.45, 7) is 5.83. The van der Waals surface area contributed by atoms with Crippen molar-refractivity contribution in [2.45, 2.75) is 44.6 Å². The summed E-state index contributed by atoms with van der Waals surface area (Å²) < 4.78 is 27.2. The number of rotatable bonds is 7. The largest absolute Gasteiger partial charge is 0.478 e. The van der Waals surface area contributed by atoms with Crippen LogP contribution in [0.25, 0.3) is 0 Å². The van der Waals surface area contributed by atoms with Crippen LogP contribution in [0.4, 0.5) is 5.69 Å². The molecule has 2 atom stereocenters. The first-order chi connectivity index (χ1) is 9.67. The average Bonchev–Trinajstić information content (AvgIpc) is 2.37. The van der Waals surface area contributed by atoms with Crippen molar-refractivity contribution in [1.82, 2.24) is 4.72 Å². The van der Waals surface area contributed by atoms with Gasteiger partial charge in [-0.05, 0) is 37.5 Å². The standard InChI is InChI=1S/C14H22N2O4S/c1-4-9(2)7-10(3)16-21(19,20)13-8-11(15)5-6-12(13)14(17)18/h5-6,8-10,16H,4,7,15H2,1-3H3,(H,17,18). The van der Waals surface area contributed by atoms with E-state index < -0.39 is 16.0 Å². The third-order valence-corrected chi connectivity index (χ3v) is 4.96. The first-order valence-electron chi connectivity index (χ1n) is 6.82. The van der Waals surface area contributed by atoms with Crippen molar-refractivity contribution in [3.8, 4) is 0 Å². The fourth-order valence-corrected chi connectivity index (χ4v) is 3.57. The number of nitrogen functional groups attached to an aromatic ring is 1. The molecule has 1 aromatic carbocycles. The number of nitrogens with one attached hydrogen (secondary N) is 1. The normalized spacial score (nSPS) is 14.6. The van der Waals surface area contributed by atoms with Gasteiger partial charge in [-0.15, -0.1) is 0 Å². The first-order valence-corrected chi connectivity index (χ1v) is 8.30. The van der Waals surface area contributed by atoms with Crippen LogP contribution in [0.5, 0.6) is 0 Å². The van der Waals surface area contributed by atoms with Crippen LogP contribution < -0.4 is 10.5 Å². The van der Waals surface area contributed by atoms with E-state index >= 15 is 0 Å². The van der Waals surface area contributed by atoms with Gasteiger partial charge in [-0.25, -0.2) is 17.9 Å². The predicted molar refractivity (Wildman–Crippen MR) is 81.7 cm³/mol. The lowest BCUT2D eigenvalue weighted by atomic mass is 10.0. The fourth-order valence-electron chi connectivity index (χ4n) is 2.08. The number of anilines is 1. The molecule has 1 aromatic rings. The Bertz CT molecular complexity index is 613. The number of carboxylic acids is 1. The molecule has 0 spiro atoms. The number of sulfonamides is 1. The van der Waals surface area contributed by atoms with E-state index in [0.29, 0.717) is 12.3 Å². The van der Waals surface area contributed by atoms with Crippen molar-refractivity contribution in [3.63, 3.8) is 0 Å². The molecule has 1 rings (SSSR count). The Morgan fingerprint density at radius 2 is 2.00 bits per heavy atom. The molecule has 0 heterocycles. The maximum Gasteiger partial charge on any atom is 0.337 e. The Hall–Kier alpha value is -1.60. The number of hydrogen-bond acceptors (Lipinski definition) is 4. The van der Waals surface area contributed by atoms with Gasteiger partial charge in [-0.3, -0.25) is 0 Å². The van der Waals surface area contributed by atoms with E-state index in [1.54, 1.807) is 6.92 Å². The predicted octanol–water partition coefficient (Wildman–Crippen LogP) is 2.07. The highest BCUT2D eigenvalue weighted by atomic mass is 32.2. The summed E-state index contributed by atoms with van der Waals surface area (Å²) in [7, 11) is -3.92. The molecule has 0 aliphatic heterocycles. The van der Waals surface area contributed by atoms with Gasteiger partial charge in [0.15, 0.2) is 0 Å². The number of nitrogens with two attached hydrogens (primary N) is 1. The van der Waals surface area contributed by atoms with E-state index in [-0.39, 0.29) is 22.2 Å². The van der Waals surface area contributed by atoms with Gasteiger partial charge < -0.3 is 10.8 Å². The Morgan fingerprint density at radius 1 is 1.38 bits per heavy atom. The van der Waals surface area contributed by atoms with Gasteiger partial charge >= 0.3 is 5.97 Å². The van der Waals surface area contributed by atoms with Crippen LogP contribution in [0.2, 0.25) is 0 Å². The summed E-state index contributed by atoms with van der Waals surface area (Å²) in [5.74, 6) is -0.924. The lowest BCUT2D eigenvalue weighted by Gasteiger charge is -2.18. The molecule has 21 heavy (non-hydrogen) atoms. The van der Waals surface area contributed by atoms with Crippen molar-refractivity contribution < 1.29 is 18.3 Å². The minimum Gasteiger partial charge on any atom is -0.478 e. The maximum absolute atomic E-state index is 12.4. The molecule has 0 radical (unpaired) electrons. The summed E-state index contributed by atoms with van der Waals surface area (Å²) in [6.07, 6.45) is 1.63. The molecule has 0 amide bonds. The van der Waals surface area contributed by atoms with Gasteiger partial charge in [0.1, 0.15) is 0 Å². The van der Waals surface area contributed by atoms with Crippen LogP contribution in [0.1, 0.15) is 44.0 Å². The van der Waals surface area contributed by atoms with Gasteiger partial charge in [0.2, 0.25) is 10.0 Å². The lowest BCUT2D eigenvalue weighted by Crippen LogP contribution is -2.34. The highest BCUT2D eigenvalue weighted by Gasteiger charge is 2.24.